The number of hydrogen-bond acceptors (Lipinski definition) is 6. The van der Waals surface area contributed by atoms with Gasteiger partial charge in [0.05, 0.1) is 5.39 Å². The molecule has 1 aromatic carbocycles. The Labute approximate surface area is 144 Å². The molecule has 0 saturated heterocycles. The highest BCUT2D eigenvalue weighted by Gasteiger charge is 2.22. The second-order valence-corrected chi connectivity index (χ2v) is 7.46. The van der Waals surface area contributed by atoms with Crippen LogP contribution in [0.4, 0.5) is 0 Å². The zero-order valence-corrected chi connectivity index (χ0v) is 14.0. The number of thiophene rings is 1. The summed E-state index contributed by atoms with van der Waals surface area (Å²) in [7, 11) is 0. The smallest absolute Gasteiger partial charge is 0.267 e. The van der Waals surface area contributed by atoms with E-state index in [9.17, 15) is 4.79 Å². The average Bonchev–Trinajstić information content (AvgIpc) is 3.26. The molecule has 0 atom stereocenters. The molecular weight excluding hydrogens is 336 g/mol. The Hall–Kier alpha value is -2.87. The molecule has 0 aliphatic heterocycles. The van der Waals surface area contributed by atoms with Crippen molar-refractivity contribution in [3.8, 4) is 0 Å². The van der Waals surface area contributed by atoms with Crippen LogP contribution in [0.1, 0.15) is 23.3 Å². The third-order valence-electron chi connectivity index (χ3n) is 5.02. The lowest BCUT2D eigenvalue weighted by Crippen LogP contribution is -2.22. The molecule has 0 spiro atoms. The van der Waals surface area contributed by atoms with Crippen LogP contribution in [0, 0.1) is 0 Å². The Morgan fingerprint density at radius 2 is 1.84 bits per heavy atom. The number of benzene rings is 1. The van der Waals surface area contributed by atoms with Gasteiger partial charge in [-0.25, -0.2) is 4.98 Å². The molecule has 122 valence electrons. The molecule has 6 rings (SSSR count). The minimum absolute atomic E-state index is 0.0811. The van der Waals surface area contributed by atoms with Crippen molar-refractivity contribution in [3.63, 3.8) is 0 Å². The zero-order valence-electron chi connectivity index (χ0n) is 13.1. The lowest BCUT2D eigenvalue weighted by molar-refractivity contribution is 0.675. The van der Waals surface area contributed by atoms with E-state index < -0.39 is 0 Å². The average molecular weight is 348 g/mol. The first kappa shape index (κ1) is 13.4. The fraction of sp³-hybridized carbons (Fsp3) is 0.235. The maximum absolute atomic E-state index is 13.4. The van der Waals surface area contributed by atoms with Gasteiger partial charge in [0.2, 0.25) is 5.65 Å². The SMILES string of the molecule is O=c1c2c3c(sc2nc2c4ccccc4c4nnnn4n12)CCCC3. The van der Waals surface area contributed by atoms with Crippen molar-refractivity contribution in [1.29, 1.82) is 0 Å². The fourth-order valence-corrected chi connectivity index (χ4v) is 5.15. The molecule has 0 radical (unpaired) electrons. The van der Waals surface area contributed by atoms with Crippen molar-refractivity contribution >= 4 is 43.6 Å². The largest absolute Gasteiger partial charge is 0.283 e. The zero-order chi connectivity index (χ0) is 16.5. The van der Waals surface area contributed by atoms with Crippen molar-refractivity contribution in [1.82, 2.24) is 29.7 Å². The summed E-state index contributed by atoms with van der Waals surface area (Å²) in [5, 5.41) is 14.4. The number of rotatable bonds is 0. The van der Waals surface area contributed by atoms with E-state index in [0.29, 0.717) is 11.3 Å². The van der Waals surface area contributed by atoms with Crippen LogP contribution >= 0.6 is 11.3 Å². The van der Waals surface area contributed by atoms with Crippen LogP contribution in [0.2, 0.25) is 0 Å². The molecule has 0 bridgehead atoms. The number of tetrazole rings is 1. The van der Waals surface area contributed by atoms with Gasteiger partial charge in [-0.3, -0.25) is 4.79 Å². The standard InChI is InChI=1S/C17H12N6OS/c24-17-13-11-7-3-4-8-12(11)25-16(13)18-14-9-5-1-2-6-10(9)15-19-20-21-23(15)22(14)17/h1-2,5-6H,3-4,7-8H2. The molecule has 7 nitrogen and oxygen atoms in total. The van der Waals surface area contributed by atoms with Crippen LogP contribution in [-0.4, -0.2) is 29.7 Å². The highest BCUT2D eigenvalue weighted by Crippen LogP contribution is 2.34. The van der Waals surface area contributed by atoms with Crippen molar-refractivity contribution < 1.29 is 0 Å². The Bertz CT molecular complexity index is 1380. The van der Waals surface area contributed by atoms with E-state index >= 15 is 0 Å². The molecule has 5 aromatic rings. The number of aromatic nitrogens is 6. The third-order valence-corrected chi connectivity index (χ3v) is 6.20. The summed E-state index contributed by atoms with van der Waals surface area (Å²) in [6.07, 6.45) is 4.29. The van der Waals surface area contributed by atoms with Crippen LogP contribution in [-0.2, 0) is 12.8 Å². The normalized spacial score (nSPS) is 14.7. The van der Waals surface area contributed by atoms with E-state index in [0.717, 1.165) is 40.3 Å². The van der Waals surface area contributed by atoms with Gasteiger partial charge in [-0.15, -0.1) is 21.1 Å². The summed E-state index contributed by atoms with van der Waals surface area (Å²) in [4.78, 5) is 20.4. The van der Waals surface area contributed by atoms with Gasteiger partial charge in [0, 0.05) is 15.6 Å². The highest BCUT2D eigenvalue weighted by molar-refractivity contribution is 7.18. The predicted octanol–water partition coefficient (Wildman–Crippen LogP) is 2.38. The van der Waals surface area contributed by atoms with Crippen LogP contribution < -0.4 is 5.56 Å². The Morgan fingerprint density at radius 1 is 1.04 bits per heavy atom. The maximum atomic E-state index is 13.4. The number of fused-ring (bicyclic) bond motifs is 9. The van der Waals surface area contributed by atoms with Gasteiger partial charge in [-0.2, -0.15) is 4.52 Å². The quantitative estimate of drug-likeness (QED) is 0.402. The van der Waals surface area contributed by atoms with Crippen LogP contribution in [0.25, 0.3) is 32.3 Å². The van der Waals surface area contributed by atoms with E-state index in [2.05, 4.69) is 15.5 Å². The number of nitrogens with zero attached hydrogens (tertiary/aromatic N) is 6. The van der Waals surface area contributed by atoms with Crippen LogP contribution in [0.5, 0.6) is 0 Å². The summed E-state index contributed by atoms with van der Waals surface area (Å²) < 4.78 is 2.99. The van der Waals surface area contributed by atoms with Crippen molar-refractivity contribution in [2.45, 2.75) is 25.7 Å². The molecule has 0 fully saturated rings. The fourth-order valence-electron chi connectivity index (χ4n) is 3.90. The first-order valence-electron chi connectivity index (χ1n) is 8.29. The first-order valence-corrected chi connectivity index (χ1v) is 9.10. The van der Waals surface area contributed by atoms with E-state index in [1.807, 2.05) is 24.3 Å². The molecule has 25 heavy (non-hydrogen) atoms. The first-order chi connectivity index (χ1) is 12.3. The second kappa shape index (κ2) is 4.60. The second-order valence-electron chi connectivity index (χ2n) is 6.38. The number of aryl methyl sites for hydroxylation is 2. The van der Waals surface area contributed by atoms with E-state index in [1.54, 1.807) is 11.3 Å². The summed E-state index contributed by atoms with van der Waals surface area (Å²) in [6.45, 7) is 0. The Morgan fingerprint density at radius 3 is 2.72 bits per heavy atom. The van der Waals surface area contributed by atoms with E-state index in [1.165, 1.54) is 26.0 Å². The van der Waals surface area contributed by atoms with E-state index in [-0.39, 0.29) is 5.56 Å². The van der Waals surface area contributed by atoms with Gasteiger partial charge in [0.25, 0.3) is 5.56 Å². The molecular formula is C17H12N6OS. The summed E-state index contributed by atoms with van der Waals surface area (Å²) in [5.41, 5.74) is 2.26. The molecule has 4 heterocycles. The molecule has 1 aliphatic carbocycles. The van der Waals surface area contributed by atoms with Crippen molar-refractivity contribution in [3.05, 3.63) is 45.1 Å². The van der Waals surface area contributed by atoms with Gasteiger partial charge in [0.1, 0.15) is 4.83 Å². The molecule has 0 N–H and O–H groups in total. The molecule has 0 saturated carbocycles. The van der Waals surface area contributed by atoms with Crippen molar-refractivity contribution in [2.75, 3.05) is 0 Å². The molecule has 0 amide bonds. The van der Waals surface area contributed by atoms with Gasteiger partial charge < -0.3 is 0 Å². The van der Waals surface area contributed by atoms with Crippen LogP contribution in [0.15, 0.2) is 29.1 Å². The summed E-state index contributed by atoms with van der Waals surface area (Å²) in [6, 6.07) is 7.80. The summed E-state index contributed by atoms with van der Waals surface area (Å²) in [5.74, 6) is 0. The maximum Gasteiger partial charge on any atom is 0.283 e. The highest BCUT2D eigenvalue weighted by atomic mass is 32.1. The predicted molar refractivity (Wildman–Crippen MR) is 95.3 cm³/mol. The van der Waals surface area contributed by atoms with Gasteiger partial charge in [-0.05, 0) is 41.7 Å². The Balaban J connectivity index is 1.95. The third kappa shape index (κ3) is 1.62. The topological polar surface area (TPSA) is 77.4 Å². The monoisotopic (exact) mass is 348 g/mol. The lowest BCUT2D eigenvalue weighted by Gasteiger charge is -2.10. The Kier molecular flexibility index (Phi) is 2.47. The van der Waals surface area contributed by atoms with Gasteiger partial charge in [0.15, 0.2) is 5.65 Å². The molecule has 8 heteroatoms. The van der Waals surface area contributed by atoms with Crippen molar-refractivity contribution in [2.24, 2.45) is 0 Å². The molecule has 4 aromatic heterocycles. The van der Waals surface area contributed by atoms with E-state index in [4.69, 9.17) is 4.98 Å². The minimum Gasteiger partial charge on any atom is -0.267 e. The van der Waals surface area contributed by atoms with Gasteiger partial charge in [-0.1, -0.05) is 24.3 Å². The van der Waals surface area contributed by atoms with Gasteiger partial charge >= 0.3 is 0 Å². The molecule has 0 unspecified atom stereocenters. The minimum atomic E-state index is -0.0811. The molecule has 1 aliphatic rings. The van der Waals surface area contributed by atoms with Crippen LogP contribution in [0.3, 0.4) is 0 Å². The lowest BCUT2D eigenvalue weighted by atomic mass is 9.97. The number of hydrogen-bond donors (Lipinski definition) is 0. The summed E-state index contributed by atoms with van der Waals surface area (Å²) >= 11 is 1.66.